The van der Waals surface area contributed by atoms with Crippen LogP contribution in [0.25, 0.3) is 0 Å². The summed E-state index contributed by atoms with van der Waals surface area (Å²) in [5.74, 6) is 0.904. The van der Waals surface area contributed by atoms with E-state index in [2.05, 4.69) is 24.1 Å². The lowest BCUT2D eigenvalue weighted by molar-refractivity contribution is 0.758. The molecule has 0 fully saturated rings. The summed E-state index contributed by atoms with van der Waals surface area (Å²) in [6.45, 7) is 6.19. The monoisotopic (exact) mass is 179 g/mol. The number of rotatable bonds is 3. The Bertz CT molecular complexity index is 283. The minimum atomic E-state index is 0.454. The summed E-state index contributed by atoms with van der Waals surface area (Å²) in [5.41, 5.74) is 7.29. The molecule has 0 amide bonds. The molecule has 0 aliphatic heterocycles. The molecule has 1 aromatic heterocycles. The van der Waals surface area contributed by atoms with Gasteiger partial charge in [-0.1, -0.05) is 6.92 Å². The third-order valence-corrected chi connectivity index (χ3v) is 2.13. The minimum Gasteiger partial charge on any atom is -0.397 e. The summed E-state index contributed by atoms with van der Waals surface area (Å²) in [5, 5.41) is 3.29. The van der Waals surface area contributed by atoms with Crippen LogP contribution < -0.4 is 11.1 Å². The van der Waals surface area contributed by atoms with E-state index in [1.165, 1.54) is 0 Å². The van der Waals surface area contributed by atoms with Crippen molar-refractivity contribution < 1.29 is 0 Å². The third-order valence-electron chi connectivity index (χ3n) is 2.13. The van der Waals surface area contributed by atoms with Crippen molar-refractivity contribution in [3.05, 3.63) is 17.8 Å². The molecule has 0 saturated heterocycles. The highest BCUT2D eigenvalue weighted by atomic mass is 15.0. The number of hydrogen-bond donors (Lipinski definition) is 2. The first-order valence-corrected chi connectivity index (χ1v) is 4.63. The second-order valence-corrected chi connectivity index (χ2v) is 3.32. The Morgan fingerprint density at radius 2 is 2.23 bits per heavy atom. The molecule has 1 atom stereocenters. The van der Waals surface area contributed by atoms with E-state index in [1.807, 2.05) is 19.1 Å². The fraction of sp³-hybridized carbons (Fsp3) is 0.500. The first-order chi connectivity index (χ1) is 6.13. The number of nitrogens with one attached hydrogen (secondary N) is 1. The Hall–Kier alpha value is -1.25. The molecule has 0 aliphatic rings. The summed E-state index contributed by atoms with van der Waals surface area (Å²) >= 11 is 0. The molecule has 1 unspecified atom stereocenters. The highest BCUT2D eigenvalue weighted by Crippen LogP contribution is 2.12. The van der Waals surface area contributed by atoms with Crippen LogP contribution in [0.5, 0.6) is 0 Å². The summed E-state index contributed by atoms with van der Waals surface area (Å²) in [7, 11) is 0. The van der Waals surface area contributed by atoms with E-state index in [9.17, 15) is 0 Å². The topological polar surface area (TPSA) is 50.9 Å². The normalized spacial score (nSPS) is 12.5. The minimum absolute atomic E-state index is 0.454. The van der Waals surface area contributed by atoms with Gasteiger partial charge in [-0.15, -0.1) is 0 Å². The van der Waals surface area contributed by atoms with Crippen molar-refractivity contribution in [3.8, 4) is 0 Å². The maximum atomic E-state index is 5.66. The molecule has 0 saturated carbocycles. The molecule has 3 nitrogen and oxygen atoms in total. The Morgan fingerprint density at radius 1 is 1.54 bits per heavy atom. The molecule has 13 heavy (non-hydrogen) atoms. The van der Waals surface area contributed by atoms with Gasteiger partial charge in [0.25, 0.3) is 0 Å². The van der Waals surface area contributed by atoms with E-state index in [0.29, 0.717) is 6.04 Å². The summed E-state index contributed by atoms with van der Waals surface area (Å²) < 4.78 is 0. The van der Waals surface area contributed by atoms with Crippen LogP contribution >= 0.6 is 0 Å². The van der Waals surface area contributed by atoms with Crippen molar-refractivity contribution in [2.75, 3.05) is 11.1 Å². The van der Waals surface area contributed by atoms with Gasteiger partial charge in [-0.2, -0.15) is 0 Å². The van der Waals surface area contributed by atoms with E-state index in [4.69, 9.17) is 5.73 Å². The lowest BCUT2D eigenvalue weighted by atomic mass is 10.2. The predicted molar refractivity (Wildman–Crippen MR) is 56.8 cm³/mol. The molecule has 0 bridgehead atoms. The van der Waals surface area contributed by atoms with Crippen LogP contribution in [0.4, 0.5) is 11.5 Å². The Kier molecular flexibility index (Phi) is 3.12. The van der Waals surface area contributed by atoms with Gasteiger partial charge >= 0.3 is 0 Å². The number of aromatic nitrogens is 1. The molecule has 3 N–H and O–H groups in total. The largest absolute Gasteiger partial charge is 0.397 e. The maximum Gasteiger partial charge on any atom is 0.126 e. The van der Waals surface area contributed by atoms with Crippen LogP contribution in [0.15, 0.2) is 12.1 Å². The van der Waals surface area contributed by atoms with Crippen LogP contribution in [0.3, 0.4) is 0 Å². The average molecular weight is 179 g/mol. The van der Waals surface area contributed by atoms with E-state index >= 15 is 0 Å². The van der Waals surface area contributed by atoms with Gasteiger partial charge in [0.05, 0.1) is 11.4 Å². The van der Waals surface area contributed by atoms with Crippen molar-refractivity contribution in [3.63, 3.8) is 0 Å². The quantitative estimate of drug-likeness (QED) is 0.747. The van der Waals surface area contributed by atoms with Gasteiger partial charge in [0, 0.05) is 6.04 Å². The first-order valence-electron chi connectivity index (χ1n) is 4.63. The number of nitrogen functional groups attached to an aromatic ring is 1. The number of nitrogens with zero attached hydrogens (tertiary/aromatic N) is 1. The fourth-order valence-electron chi connectivity index (χ4n) is 1.01. The van der Waals surface area contributed by atoms with Gasteiger partial charge in [0.15, 0.2) is 0 Å². The Labute approximate surface area is 79.4 Å². The second kappa shape index (κ2) is 4.12. The van der Waals surface area contributed by atoms with Crippen molar-refractivity contribution in [1.82, 2.24) is 4.98 Å². The van der Waals surface area contributed by atoms with Crippen molar-refractivity contribution in [1.29, 1.82) is 0 Å². The van der Waals surface area contributed by atoms with E-state index in [0.717, 1.165) is 23.6 Å². The number of aryl methyl sites for hydroxylation is 1. The van der Waals surface area contributed by atoms with Gasteiger partial charge in [0.2, 0.25) is 0 Å². The highest BCUT2D eigenvalue weighted by Gasteiger charge is 2.01. The van der Waals surface area contributed by atoms with Crippen molar-refractivity contribution in [2.24, 2.45) is 0 Å². The van der Waals surface area contributed by atoms with Gasteiger partial charge in [-0.3, -0.25) is 0 Å². The molecule has 1 heterocycles. The zero-order chi connectivity index (χ0) is 9.84. The maximum absolute atomic E-state index is 5.66. The Balaban J connectivity index is 2.73. The SMILES string of the molecule is CCC(C)Nc1ccc(N)c(C)n1. The number of hydrogen-bond acceptors (Lipinski definition) is 3. The highest BCUT2D eigenvalue weighted by molar-refractivity contribution is 5.49. The van der Waals surface area contributed by atoms with Crippen LogP contribution in [0.2, 0.25) is 0 Å². The van der Waals surface area contributed by atoms with E-state index in [-0.39, 0.29) is 0 Å². The summed E-state index contributed by atoms with van der Waals surface area (Å²) in [6, 6.07) is 4.25. The Morgan fingerprint density at radius 3 is 2.77 bits per heavy atom. The van der Waals surface area contributed by atoms with Gasteiger partial charge in [-0.25, -0.2) is 4.98 Å². The van der Waals surface area contributed by atoms with Crippen molar-refractivity contribution in [2.45, 2.75) is 33.2 Å². The predicted octanol–water partition coefficient (Wildman–Crippen LogP) is 2.18. The van der Waals surface area contributed by atoms with Crippen LogP contribution in [-0.4, -0.2) is 11.0 Å². The second-order valence-electron chi connectivity index (χ2n) is 3.32. The number of nitrogens with two attached hydrogens (primary N) is 1. The van der Waals surface area contributed by atoms with Crippen molar-refractivity contribution >= 4 is 11.5 Å². The van der Waals surface area contributed by atoms with E-state index in [1.54, 1.807) is 0 Å². The molecule has 3 heteroatoms. The summed E-state index contributed by atoms with van der Waals surface area (Å²) in [4.78, 5) is 4.32. The van der Waals surface area contributed by atoms with Gasteiger partial charge < -0.3 is 11.1 Å². The molecular weight excluding hydrogens is 162 g/mol. The fourth-order valence-corrected chi connectivity index (χ4v) is 1.01. The average Bonchev–Trinajstić information content (AvgIpc) is 2.11. The molecule has 0 aromatic carbocycles. The standard InChI is InChI=1S/C10H17N3/c1-4-7(2)12-10-6-5-9(11)8(3)13-10/h5-7H,4,11H2,1-3H3,(H,12,13). The molecule has 72 valence electrons. The van der Waals surface area contributed by atoms with E-state index < -0.39 is 0 Å². The summed E-state index contributed by atoms with van der Waals surface area (Å²) in [6.07, 6.45) is 1.09. The third kappa shape index (κ3) is 2.61. The molecular formula is C10H17N3. The lowest BCUT2D eigenvalue weighted by Gasteiger charge is -2.12. The first kappa shape index (κ1) is 9.84. The molecule has 1 aromatic rings. The molecule has 0 radical (unpaired) electrons. The lowest BCUT2D eigenvalue weighted by Crippen LogP contribution is -2.14. The molecule has 0 aliphatic carbocycles. The zero-order valence-electron chi connectivity index (χ0n) is 8.46. The van der Waals surface area contributed by atoms with Crippen LogP contribution in [0.1, 0.15) is 26.0 Å². The smallest absolute Gasteiger partial charge is 0.126 e. The molecule has 0 spiro atoms. The molecule has 1 rings (SSSR count). The zero-order valence-corrected chi connectivity index (χ0v) is 8.46. The number of anilines is 2. The van der Waals surface area contributed by atoms with Crippen LogP contribution in [0, 0.1) is 6.92 Å². The van der Waals surface area contributed by atoms with Crippen LogP contribution in [-0.2, 0) is 0 Å². The number of pyridine rings is 1. The van der Waals surface area contributed by atoms with Gasteiger partial charge in [-0.05, 0) is 32.4 Å². The van der Waals surface area contributed by atoms with Gasteiger partial charge in [0.1, 0.15) is 5.82 Å².